The molecule has 0 aliphatic carbocycles. The maximum absolute atomic E-state index is 13.2. The number of aliphatic carboxylic acids is 1. The fourth-order valence-electron chi connectivity index (χ4n) is 3.65. The van der Waals surface area contributed by atoms with Crippen LogP contribution in [0.5, 0.6) is 0 Å². The summed E-state index contributed by atoms with van der Waals surface area (Å²) in [6, 6.07) is -4.84. The third kappa shape index (κ3) is 10.1. The highest BCUT2D eigenvalue weighted by molar-refractivity contribution is 5.96. The number of nitrogens with two attached hydrogens (primary N) is 5. The molecule has 0 aromatic rings. The van der Waals surface area contributed by atoms with Crippen LogP contribution in [-0.2, 0) is 28.8 Å². The van der Waals surface area contributed by atoms with Crippen LogP contribution in [0.15, 0.2) is 4.99 Å². The Bertz CT molecular complexity index is 876. The van der Waals surface area contributed by atoms with Crippen molar-refractivity contribution in [2.24, 2.45) is 33.7 Å². The van der Waals surface area contributed by atoms with Crippen molar-refractivity contribution in [1.82, 2.24) is 15.5 Å². The summed E-state index contributed by atoms with van der Waals surface area (Å²) in [6.07, 6.45) is 0.201. The number of amides is 5. The summed E-state index contributed by atoms with van der Waals surface area (Å²) in [4.78, 5) is 77.4. The fraction of sp³-hybridized carbons (Fsp3) is 0.650. The number of nitrogens with one attached hydrogen (secondary N) is 2. The lowest BCUT2D eigenvalue weighted by atomic mass is 10.1. The highest BCUT2D eigenvalue weighted by Gasteiger charge is 2.39. The lowest BCUT2D eigenvalue weighted by Gasteiger charge is -2.29. The first-order valence-electron chi connectivity index (χ1n) is 11.3. The second-order valence-corrected chi connectivity index (χ2v) is 8.38. The first-order valence-corrected chi connectivity index (χ1v) is 11.3. The van der Waals surface area contributed by atoms with Crippen LogP contribution in [0, 0.1) is 0 Å². The lowest BCUT2D eigenvalue weighted by molar-refractivity contribution is -0.145. The molecule has 4 atom stereocenters. The number of hydrogen-bond acceptors (Lipinski definition) is 8. The van der Waals surface area contributed by atoms with Crippen molar-refractivity contribution in [3.8, 4) is 0 Å². The number of aliphatic imine (C=N–C) groups is 1. The van der Waals surface area contributed by atoms with E-state index in [4.69, 9.17) is 28.7 Å². The summed E-state index contributed by atoms with van der Waals surface area (Å²) in [5.41, 5.74) is 26.6. The van der Waals surface area contributed by atoms with E-state index in [1.165, 1.54) is 0 Å². The highest BCUT2D eigenvalue weighted by atomic mass is 16.4. The van der Waals surface area contributed by atoms with Crippen molar-refractivity contribution in [1.29, 1.82) is 0 Å². The third-order valence-corrected chi connectivity index (χ3v) is 5.46. The Morgan fingerprint density at radius 1 is 0.972 bits per heavy atom. The predicted molar refractivity (Wildman–Crippen MR) is 126 cm³/mol. The van der Waals surface area contributed by atoms with Gasteiger partial charge < -0.3 is 49.3 Å². The van der Waals surface area contributed by atoms with E-state index in [0.717, 1.165) is 4.90 Å². The number of likely N-dealkylation sites (tertiary alicyclic amines) is 1. The van der Waals surface area contributed by atoms with Crippen molar-refractivity contribution in [2.45, 2.75) is 69.1 Å². The minimum Gasteiger partial charge on any atom is -0.480 e. The molecular weight excluding hydrogens is 478 g/mol. The topological polar surface area (TPSA) is 292 Å². The Morgan fingerprint density at radius 2 is 1.64 bits per heavy atom. The van der Waals surface area contributed by atoms with Crippen LogP contribution in [0.25, 0.3) is 0 Å². The second-order valence-electron chi connectivity index (χ2n) is 8.38. The second kappa shape index (κ2) is 14.4. The Labute approximate surface area is 207 Å². The summed E-state index contributed by atoms with van der Waals surface area (Å²) in [6.45, 7) is 0.375. The van der Waals surface area contributed by atoms with Crippen LogP contribution in [-0.4, -0.2) is 88.7 Å². The molecule has 1 fully saturated rings. The minimum atomic E-state index is -1.39. The summed E-state index contributed by atoms with van der Waals surface area (Å²) in [5.74, 6) is -5.27. The molecule has 0 saturated carbocycles. The van der Waals surface area contributed by atoms with Gasteiger partial charge in [-0.3, -0.25) is 29.0 Å². The van der Waals surface area contributed by atoms with Gasteiger partial charge in [-0.15, -0.1) is 0 Å². The first kappa shape index (κ1) is 30.1. The molecule has 1 saturated heterocycles. The van der Waals surface area contributed by atoms with E-state index in [2.05, 4.69) is 15.6 Å². The summed E-state index contributed by atoms with van der Waals surface area (Å²) < 4.78 is 0. The Hall–Kier alpha value is -3.95. The van der Waals surface area contributed by atoms with E-state index in [1.54, 1.807) is 0 Å². The standard InChI is InChI=1S/C20H35N9O7/c21-10(3-1-7-26-20(24)25)16(32)28-12(9-15(23)31)18(34)29-8-2-4-13(29)17(33)27-11(19(35)36)5-6-14(22)30/h10-13H,1-9,21H2,(H2,22,30)(H2,23,31)(H,27,33)(H,28,32)(H,35,36)(H4,24,25,26). The van der Waals surface area contributed by atoms with Crippen molar-refractivity contribution < 1.29 is 33.9 Å². The van der Waals surface area contributed by atoms with Crippen LogP contribution in [0.3, 0.4) is 0 Å². The number of primary amides is 2. The van der Waals surface area contributed by atoms with E-state index < -0.39 is 66.1 Å². The molecule has 0 aromatic carbocycles. The summed E-state index contributed by atoms with van der Waals surface area (Å²) in [5, 5.41) is 14.0. The maximum Gasteiger partial charge on any atom is 0.326 e. The van der Waals surface area contributed by atoms with Crippen molar-refractivity contribution in [3.05, 3.63) is 0 Å². The van der Waals surface area contributed by atoms with Crippen LogP contribution in [0.2, 0.25) is 0 Å². The van der Waals surface area contributed by atoms with Gasteiger partial charge in [0.2, 0.25) is 29.5 Å². The van der Waals surface area contributed by atoms with Gasteiger partial charge in [-0.05, 0) is 32.1 Å². The van der Waals surface area contributed by atoms with Gasteiger partial charge in [0.05, 0.1) is 12.5 Å². The number of carbonyl (C=O) groups excluding carboxylic acids is 5. The number of carboxylic acid groups (broad SMARTS) is 1. The average Bonchev–Trinajstić information content (AvgIpc) is 3.27. The molecule has 0 spiro atoms. The van der Waals surface area contributed by atoms with Crippen LogP contribution < -0.4 is 39.3 Å². The molecule has 202 valence electrons. The monoisotopic (exact) mass is 513 g/mol. The molecule has 4 unspecified atom stereocenters. The number of carboxylic acids is 1. The number of rotatable bonds is 15. The SMILES string of the molecule is NC(=O)CCC(NC(=O)C1CCCN1C(=O)C(CC(N)=O)NC(=O)C(N)CCCN=C(N)N)C(=O)O. The molecule has 5 amide bonds. The Kier molecular flexibility index (Phi) is 12.1. The third-order valence-electron chi connectivity index (χ3n) is 5.46. The van der Waals surface area contributed by atoms with E-state index in [1.807, 2.05) is 0 Å². The van der Waals surface area contributed by atoms with E-state index in [9.17, 15) is 33.9 Å². The van der Waals surface area contributed by atoms with Gasteiger partial charge in [-0.2, -0.15) is 0 Å². The van der Waals surface area contributed by atoms with Crippen molar-refractivity contribution in [3.63, 3.8) is 0 Å². The number of guanidine groups is 1. The molecule has 0 radical (unpaired) electrons. The predicted octanol–water partition coefficient (Wildman–Crippen LogP) is -4.45. The number of carbonyl (C=O) groups is 6. The van der Waals surface area contributed by atoms with Gasteiger partial charge in [0.25, 0.3) is 0 Å². The molecule has 16 nitrogen and oxygen atoms in total. The van der Waals surface area contributed by atoms with E-state index in [-0.39, 0.29) is 44.7 Å². The van der Waals surface area contributed by atoms with E-state index in [0.29, 0.717) is 12.8 Å². The zero-order valence-corrected chi connectivity index (χ0v) is 19.9. The first-order chi connectivity index (χ1) is 16.8. The van der Waals surface area contributed by atoms with Gasteiger partial charge in [-0.1, -0.05) is 0 Å². The van der Waals surface area contributed by atoms with Crippen LogP contribution in [0.1, 0.15) is 44.9 Å². The van der Waals surface area contributed by atoms with Gasteiger partial charge in [0, 0.05) is 19.5 Å². The largest absolute Gasteiger partial charge is 0.480 e. The van der Waals surface area contributed by atoms with Crippen LogP contribution >= 0.6 is 0 Å². The minimum absolute atomic E-state index is 0.105. The van der Waals surface area contributed by atoms with Gasteiger partial charge in [0.15, 0.2) is 5.96 Å². The van der Waals surface area contributed by atoms with E-state index >= 15 is 0 Å². The summed E-state index contributed by atoms with van der Waals surface area (Å²) >= 11 is 0. The Balaban J connectivity index is 2.88. The van der Waals surface area contributed by atoms with Crippen molar-refractivity contribution in [2.75, 3.05) is 13.1 Å². The van der Waals surface area contributed by atoms with Crippen LogP contribution in [0.4, 0.5) is 0 Å². The lowest BCUT2D eigenvalue weighted by Crippen LogP contribution is -2.57. The summed E-state index contributed by atoms with van der Waals surface area (Å²) in [7, 11) is 0. The van der Waals surface area contributed by atoms with Crippen molar-refractivity contribution >= 4 is 41.5 Å². The van der Waals surface area contributed by atoms with Gasteiger partial charge >= 0.3 is 5.97 Å². The molecule has 0 bridgehead atoms. The number of nitrogens with zero attached hydrogens (tertiary/aromatic N) is 2. The molecule has 16 heteroatoms. The average molecular weight is 514 g/mol. The normalized spacial score (nSPS) is 17.4. The zero-order chi connectivity index (χ0) is 27.4. The molecule has 1 rings (SSSR count). The molecule has 36 heavy (non-hydrogen) atoms. The molecule has 1 aliphatic rings. The molecular formula is C20H35N9O7. The fourth-order valence-corrected chi connectivity index (χ4v) is 3.65. The quantitative estimate of drug-likeness (QED) is 0.0590. The smallest absolute Gasteiger partial charge is 0.326 e. The molecule has 0 aromatic heterocycles. The molecule has 1 heterocycles. The zero-order valence-electron chi connectivity index (χ0n) is 19.9. The molecule has 13 N–H and O–H groups in total. The highest BCUT2D eigenvalue weighted by Crippen LogP contribution is 2.20. The van der Waals surface area contributed by atoms with Gasteiger partial charge in [0.1, 0.15) is 18.1 Å². The number of hydrogen-bond donors (Lipinski definition) is 8. The Morgan fingerprint density at radius 3 is 2.19 bits per heavy atom. The molecule has 1 aliphatic heterocycles. The maximum atomic E-state index is 13.2. The van der Waals surface area contributed by atoms with Gasteiger partial charge in [-0.25, -0.2) is 4.79 Å².